The summed E-state index contributed by atoms with van der Waals surface area (Å²) in [6, 6.07) is 8.07. The molecule has 0 aliphatic carbocycles. The summed E-state index contributed by atoms with van der Waals surface area (Å²) in [5, 5.41) is 10.6. The summed E-state index contributed by atoms with van der Waals surface area (Å²) < 4.78 is 40.3. The molecular formula is C15H8F3N3OS2. The second-order valence-corrected chi connectivity index (χ2v) is 6.52. The molecule has 0 aliphatic rings. The smallest absolute Gasteiger partial charge is 0.267 e. The Bertz CT molecular complexity index is 1000. The Labute approximate surface area is 142 Å². The van der Waals surface area contributed by atoms with E-state index in [0.717, 1.165) is 28.5 Å². The molecule has 0 saturated carbocycles. The molecule has 1 aromatic carbocycles. The molecule has 0 bridgehead atoms. The van der Waals surface area contributed by atoms with E-state index in [2.05, 4.69) is 4.98 Å². The highest BCUT2D eigenvalue weighted by molar-refractivity contribution is 7.99. The molecule has 0 atom stereocenters. The fraction of sp³-hybridized carbons (Fsp3) is 0.133. The van der Waals surface area contributed by atoms with E-state index in [9.17, 15) is 18.0 Å². The predicted octanol–water partition coefficient (Wildman–Crippen LogP) is 4.08. The van der Waals surface area contributed by atoms with E-state index in [1.54, 1.807) is 11.4 Å². The molecular weight excluding hydrogens is 359 g/mol. The van der Waals surface area contributed by atoms with Crippen LogP contribution in [0.1, 0.15) is 5.56 Å². The van der Waals surface area contributed by atoms with Crippen LogP contribution in [0.3, 0.4) is 0 Å². The van der Waals surface area contributed by atoms with Gasteiger partial charge in [-0.15, -0.1) is 11.3 Å². The zero-order valence-electron chi connectivity index (χ0n) is 11.9. The van der Waals surface area contributed by atoms with Gasteiger partial charge < -0.3 is 0 Å². The number of hydrogen-bond acceptors (Lipinski definition) is 5. The van der Waals surface area contributed by atoms with Crippen LogP contribution in [0.2, 0.25) is 0 Å². The third-order valence-corrected chi connectivity index (χ3v) is 4.84. The highest BCUT2D eigenvalue weighted by atomic mass is 32.2. The van der Waals surface area contributed by atoms with Crippen LogP contribution >= 0.6 is 23.1 Å². The maximum absolute atomic E-state index is 12.9. The van der Waals surface area contributed by atoms with E-state index in [0.29, 0.717) is 10.2 Å². The van der Waals surface area contributed by atoms with E-state index in [1.165, 1.54) is 23.5 Å². The minimum absolute atomic E-state index is 0.0288. The summed E-state index contributed by atoms with van der Waals surface area (Å²) >= 11 is 2.17. The molecule has 0 amide bonds. The summed E-state index contributed by atoms with van der Waals surface area (Å²) in [6.07, 6.45) is -4.51. The van der Waals surface area contributed by atoms with Crippen LogP contribution in [0, 0.1) is 11.3 Å². The minimum Gasteiger partial charge on any atom is -0.267 e. The molecule has 0 aliphatic heterocycles. The average Bonchev–Trinajstić information content (AvgIpc) is 3.01. The topological polar surface area (TPSA) is 58.7 Å². The van der Waals surface area contributed by atoms with E-state index in [1.807, 2.05) is 6.07 Å². The summed E-state index contributed by atoms with van der Waals surface area (Å²) in [7, 11) is 0. The van der Waals surface area contributed by atoms with Crippen molar-refractivity contribution in [3.05, 3.63) is 51.6 Å². The van der Waals surface area contributed by atoms with Gasteiger partial charge in [0, 0.05) is 0 Å². The van der Waals surface area contributed by atoms with Crippen LogP contribution in [0.25, 0.3) is 15.9 Å². The zero-order valence-corrected chi connectivity index (χ0v) is 13.5. The molecule has 24 heavy (non-hydrogen) atoms. The zero-order chi connectivity index (χ0) is 17.3. The number of rotatable bonds is 3. The first-order chi connectivity index (χ1) is 11.4. The molecule has 0 radical (unpaired) electrons. The van der Waals surface area contributed by atoms with Crippen molar-refractivity contribution in [2.24, 2.45) is 0 Å². The van der Waals surface area contributed by atoms with Crippen LogP contribution < -0.4 is 5.56 Å². The van der Waals surface area contributed by atoms with Gasteiger partial charge in [0.1, 0.15) is 4.70 Å². The molecule has 4 nitrogen and oxygen atoms in total. The van der Waals surface area contributed by atoms with Gasteiger partial charge in [-0.3, -0.25) is 9.36 Å². The van der Waals surface area contributed by atoms with Gasteiger partial charge in [-0.25, -0.2) is 4.98 Å². The lowest BCUT2D eigenvalue weighted by Crippen LogP contribution is -2.21. The molecule has 0 spiro atoms. The van der Waals surface area contributed by atoms with Crippen LogP contribution in [-0.4, -0.2) is 15.3 Å². The Morgan fingerprint density at radius 3 is 2.83 bits per heavy atom. The van der Waals surface area contributed by atoms with Gasteiger partial charge in [0.25, 0.3) is 5.56 Å². The molecule has 2 heterocycles. The third kappa shape index (κ3) is 3.02. The number of alkyl halides is 3. The fourth-order valence-corrected chi connectivity index (χ4v) is 3.57. The summed E-state index contributed by atoms with van der Waals surface area (Å²) in [6.45, 7) is 0. The number of benzene rings is 1. The van der Waals surface area contributed by atoms with Gasteiger partial charge in [-0.2, -0.15) is 18.4 Å². The minimum atomic E-state index is -4.51. The van der Waals surface area contributed by atoms with E-state index in [4.69, 9.17) is 5.26 Å². The number of thiophene rings is 1. The quantitative estimate of drug-likeness (QED) is 0.517. The fourth-order valence-electron chi connectivity index (χ4n) is 2.13. The predicted molar refractivity (Wildman–Crippen MR) is 86.6 cm³/mol. The highest BCUT2D eigenvalue weighted by Gasteiger charge is 2.30. The second-order valence-electron chi connectivity index (χ2n) is 4.66. The van der Waals surface area contributed by atoms with E-state index >= 15 is 0 Å². The van der Waals surface area contributed by atoms with Gasteiger partial charge >= 0.3 is 6.18 Å². The lowest BCUT2D eigenvalue weighted by Gasteiger charge is -2.13. The van der Waals surface area contributed by atoms with Crippen molar-refractivity contribution >= 4 is 33.3 Å². The van der Waals surface area contributed by atoms with Crippen molar-refractivity contribution < 1.29 is 13.2 Å². The van der Waals surface area contributed by atoms with Gasteiger partial charge in [-0.05, 0) is 29.6 Å². The molecule has 0 fully saturated rings. The van der Waals surface area contributed by atoms with Crippen molar-refractivity contribution in [2.75, 3.05) is 5.75 Å². The molecule has 0 N–H and O–H groups in total. The first kappa shape index (κ1) is 16.5. The van der Waals surface area contributed by atoms with Crippen molar-refractivity contribution in [3.63, 3.8) is 0 Å². The first-order valence-electron chi connectivity index (χ1n) is 6.59. The Kier molecular flexibility index (Phi) is 4.34. The van der Waals surface area contributed by atoms with Crippen molar-refractivity contribution in [1.29, 1.82) is 5.26 Å². The average molecular weight is 367 g/mol. The molecule has 2 aromatic heterocycles. The molecule has 3 rings (SSSR count). The van der Waals surface area contributed by atoms with Crippen molar-refractivity contribution in [1.82, 2.24) is 9.55 Å². The van der Waals surface area contributed by atoms with Crippen molar-refractivity contribution in [3.8, 4) is 11.8 Å². The summed E-state index contributed by atoms with van der Waals surface area (Å²) in [5.74, 6) is 0.0288. The largest absolute Gasteiger partial charge is 0.416 e. The molecule has 0 unspecified atom stereocenters. The van der Waals surface area contributed by atoms with Gasteiger partial charge in [-0.1, -0.05) is 17.8 Å². The molecule has 122 valence electrons. The lowest BCUT2D eigenvalue weighted by atomic mass is 10.2. The Morgan fingerprint density at radius 1 is 1.33 bits per heavy atom. The maximum atomic E-state index is 12.9. The number of halogens is 3. The first-order valence-corrected chi connectivity index (χ1v) is 8.46. The number of nitrogens with zero attached hydrogens (tertiary/aromatic N) is 3. The number of aromatic nitrogens is 2. The van der Waals surface area contributed by atoms with Gasteiger partial charge in [0.05, 0.1) is 28.6 Å². The number of fused-ring (bicyclic) bond motifs is 1. The van der Waals surface area contributed by atoms with E-state index in [-0.39, 0.29) is 16.6 Å². The summed E-state index contributed by atoms with van der Waals surface area (Å²) in [4.78, 5) is 17.0. The molecule has 3 aromatic rings. The van der Waals surface area contributed by atoms with Crippen LogP contribution in [0.15, 0.2) is 45.7 Å². The normalized spacial score (nSPS) is 11.6. The van der Waals surface area contributed by atoms with Crippen LogP contribution in [0.4, 0.5) is 13.2 Å². The number of nitriles is 1. The maximum Gasteiger partial charge on any atom is 0.416 e. The van der Waals surface area contributed by atoms with E-state index < -0.39 is 17.3 Å². The van der Waals surface area contributed by atoms with Gasteiger partial charge in [0.15, 0.2) is 5.16 Å². The van der Waals surface area contributed by atoms with Crippen LogP contribution in [0.5, 0.6) is 0 Å². The Morgan fingerprint density at radius 2 is 2.12 bits per heavy atom. The monoisotopic (exact) mass is 367 g/mol. The standard InChI is InChI=1S/C15H8F3N3OS2/c16-15(17,18)9-2-1-3-10(8-9)21-13(22)12-11(4-6-23-12)20-14(21)24-7-5-19/h1-4,6,8H,7H2. The third-order valence-electron chi connectivity index (χ3n) is 3.15. The number of hydrogen-bond donors (Lipinski definition) is 0. The van der Waals surface area contributed by atoms with Gasteiger partial charge in [0.2, 0.25) is 0 Å². The highest BCUT2D eigenvalue weighted by Crippen LogP contribution is 2.31. The molecule has 9 heteroatoms. The van der Waals surface area contributed by atoms with Crippen molar-refractivity contribution in [2.45, 2.75) is 11.3 Å². The Balaban J connectivity index is 2.26. The van der Waals surface area contributed by atoms with Crippen LogP contribution in [-0.2, 0) is 6.18 Å². The SMILES string of the molecule is N#CCSc1nc2ccsc2c(=O)n1-c1cccc(C(F)(F)F)c1. The number of thioether (sulfide) groups is 1. The summed E-state index contributed by atoms with van der Waals surface area (Å²) in [5.41, 5.74) is -0.768. The molecule has 0 saturated heterocycles. The second kappa shape index (κ2) is 6.30. The lowest BCUT2D eigenvalue weighted by molar-refractivity contribution is -0.137. The Hall–Kier alpha value is -2.31.